The first-order chi connectivity index (χ1) is 13.2. The molecule has 2 N–H and O–H groups in total. The molecule has 1 saturated heterocycles. The molecule has 1 amide bonds. The second-order valence-electron chi connectivity index (χ2n) is 6.63. The summed E-state index contributed by atoms with van der Waals surface area (Å²) in [4.78, 5) is 14.1. The molecule has 0 aliphatic carbocycles. The van der Waals surface area contributed by atoms with Crippen molar-refractivity contribution in [2.75, 3.05) is 39.9 Å². The van der Waals surface area contributed by atoms with Crippen LogP contribution in [0.3, 0.4) is 0 Å². The van der Waals surface area contributed by atoms with Gasteiger partial charge in [0.1, 0.15) is 0 Å². The molecule has 1 atom stereocenters. The summed E-state index contributed by atoms with van der Waals surface area (Å²) in [6.45, 7) is 4.92. The van der Waals surface area contributed by atoms with Gasteiger partial charge in [-0.15, -0.1) is 0 Å². The van der Waals surface area contributed by atoms with Crippen LogP contribution in [0.1, 0.15) is 27.5 Å². The Morgan fingerprint density at radius 2 is 1.93 bits per heavy atom. The molecule has 1 aliphatic rings. The van der Waals surface area contributed by atoms with Crippen molar-refractivity contribution < 1.29 is 9.53 Å². The molecule has 1 fully saturated rings. The van der Waals surface area contributed by atoms with E-state index in [9.17, 15) is 4.79 Å². The maximum atomic E-state index is 11.6. The Morgan fingerprint density at radius 3 is 2.59 bits per heavy atom. The zero-order valence-corrected chi connectivity index (χ0v) is 16.3. The molecule has 0 aromatic heterocycles. The molecule has 2 aromatic rings. The number of nitrogens with one attached hydrogen (secondary N) is 2. The number of benzene rings is 2. The van der Waals surface area contributed by atoms with Gasteiger partial charge in [0.05, 0.1) is 13.2 Å². The van der Waals surface area contributed by atoms with Crippen molar-refractivity contribution in [3.05, 3.63) is 70.2 Å². The molecule has 0 saturated carbocycles. The van der Waals surface area contributed by atoms with Gasteiger partial charge >= 0.3 is 0 Å². The van der Waals surface area contributed by atoms with E-state index in [-0.39, 0.29) is 11.9 Å². The van der Waals surface area contributed by atoms with Crippen LogP contribution >= 0.6 is 11.6 Å². The number of hydrogen-bond donors (Lipinski definition) is 2. The predicted molar refractivity (Wildman–Crippen MR) is 108 cm³/mol. The zero-order valence-electron chi connectivity index (χ0n) is 15.6. The molecule has 1 aliphatic heterocycles. The molecular weight excluding hydrogens is 362 g/mol. The lowest BCUT2D eigenvalue weighted by Crippen LogP contribution is -2.42. The fraction of sp³-hybridized carbons (Fsp3) is 0.381. The maximum absolute atomic E-state index is 11.6. The summed E-state index contributed by atoms with van der Waals surface area (Å²) in [7, 11) is 1.64. The number of halogens is 1. The highest BCUT2D eigenvalue weighted by Crippen LogP contribution is 2.24. The molecule has 144 valence electrons. The summed E-state index contributed by atoms with van der Waals surface area (Å²) in [5.74, 6) is -0.0668. The van der Waals surface area contributed by atoms with Crippen LogP contribution in [0, 0.1) is 0 Å². The van der Waals surface area contributed by atoms with Crippen LogP contribution in [-0.4, -0.2) is 50.7 Å². The molecule has 0 bridgehead atoms. The first kappa shape index (κ1) is 19.8. The smallest absolute Gasteiger partial charge is 0.251 e. The number of morpholine rings is 1. The summed E-state index contributed by atoms with van der Waals surface area (Å²) < 4.78 is 5.50. The maximum Gasteiger partial charge on any atom is 0.251 e. The van der Waals surface area contributed by atoms with E-state index in [1.807, 2.05) is 42.5 Å². The van der Waals surface area contributed by atoms with Gasteiger partial charge in [0.25, 0.3) is 5.91 Å². The van der Waals surface area contributed by atoms with E-state index in [1.54, 1.807) is 7.05 Å². The van der Waals surface area contributed by atoms with E-state index in [0.717, 1.165) is 50.0 Å². The van der Waals surface area contributed by atoms with Gasteiger partial charge in [-0.2, -0.15) is 0 Å². The summed E-state index contributed by atoms with van der Waals surface area (Å²) in [6.07, 6.45) is 0. The highest BCUT2D eigenvalue weighted by atomic mass is 35.5. The van der Waals surface area contributed by atoms with Gasteiger partial charge in [0, 0.05) is 49.9 Å². The van der Waals surface area contributed by atoms with Crippen molar-refractivity contribution in [2.45, 2.75) is 12.6 Å². The third kappa shape index (κ3) is 5.53. The molecule has 1 heterocycles. The van der Waals surface area contributed by atoms with Crippen LogP contribution in [0.4, 0.5) is 0 Å². The summed E-state index contributed by atoms with van der Waals surface area (Å²) in [5.41, 5.74) is 3.03. The second kappa shape index (κ2) is 9.85. The number of rotatable bonds is 7. The number of amides is 1. The summed E-state index contributed by atoms with van der Waals surface area (Å²) >= 11 is 6.21. The van der Waals surface area contributed by atoms with Gasteiger partial charge in [0.2, 0.25) is 0 Å². The number of ether oxygens (including phenoxy) is 1. The van der Waals surface area contributed by atoms with E-state index >= 15 is 0 Å². The van der Waals surface area contributed by atoms with Crippen molar-refractivity contribution in [3.63, 3.8) is 0 Å². The molecule has 1 unspecified atom stereocenters. The molecule has 3 rings (SSSR count). The fourth-order valence-electron chi connectivity index (χ4n) is 3.33. The van der Waals surface area contributed by atoms with Gasteiger partial charge in [-0.25, -0.2) is 0 Å². The highest BCUT2D eigenvalue weighted by Gasteiger charge is 2.22. The quantitative estimate of drug-likeness (QED) is 0.767. The van der Waals surface area contributed by atoms with Gasteiger partial charge in [-0.1, -0.05) is 35.9 Å². The predicted octanol–water partition coefficient (Wildman–Crippen LogP) is 2.86. The van der Waals surface area contributed by atoms with E-state index < -0.39 is 0 Å². The lowest BCUT2D eigenvalue weighted by Gasteiger charge is -2.35. The summed E-state index contributed by atoms with van der Waals surface area (Å²) in [6, 6.07) is 16.0. The van der Waals surface area contributed by atoms with Gasteiger partial charge < -0.3 is 15.4 Å². The van der Waals surface area contributed by atoms with Gasteiger partial charge in [0.15, 0.2) is 0 Å². The molecule has 27 heavy (non-hydrogen) atoms. The van der Waals surface area contributed by atoms with Crippen LogP contribution in [-0.2, 0) is 11.3 Å². The number of carbonyl (C=O) groups is 1. The van der Waals surface area contributed by atoms with Crippen LogP contribution in [0.5, 0.6) is 0 Å². The van der Waals surface area contributed by atoms with E-state index in [0.29, 0.717) is 5.56 Å². The fourth-order valence-corrected chi connectivity index (χ4v) is 3.53. The Bertz CT molecular complexity index is 745. The first-order valence-corrected chi connectivity index (χ1v) is 9.64. The van der Waals surface area contributed by atoms with Crippen molar-refractivity contribution >= 4 is 17.5 Å². The molecule has 5 nitrogen and oxygen atoms in total. The number of hydrogen-bond acceptors (Lipinski definition) is 4. The Hall–Kier alpha value is -1.92. The second-order valence-corrected chi connectivity index (χ2v) is 7.06. The topological polar surface area (TPSA) is 53.6 Å². The minimum absolute atomic E-state index is 0.0668. The van der Waals surface area contributed by atoms with Crippen LogP contribution < -0.4 is 10.6 Å². The lowest BCUT2D eigenvalue weighted by molar-refractivity contribution is 0.0161. The lowest BCUT2D eigenvalue weighted by atomic mass is 10.0. The zero-order chi connectivity index (χ0) is 19.1. The SMILES string of the molecule is CNC(=O)c1ccc(CNCC(c2cccc(Cl)c2)N2CCOCC2)cc1. The van der Waals surface area contributed by atoms with E-state index in [2.05, 4.69) is 21.6 Å². The average Bonchev–Trinajstić information content (AvgIpc) is 2.72. The molecule has 0 radical (unpaired) electrons. The average molecular weight is 388 g/mol. The van der Waals surface area contributed by atoms with Crippen molar-refractivity contribution in [2.24, 2.45) is 0 Å². The van der Waals surface area contributed by atoms with Crippen molar-refractivity contribution in [1.29, 1.82) is 0 Å². The third-order valence-electron chi connectivity index (χ3n) is 4.83. The van der Waals surface area contributed by atoms with Crippen molar-refractivity contribution in [3.8, 4) is 0 Å². The Balaban J connectivity index is 1.63. The highest BCUT2D eigenvalue weighted by molar-refractivity contribution is 6.30. The minimum atomic E-state index is -0.0668. The van der Waals surface area contributed by atoms with Crippen LogP contribution in [0.15, 0.2) is 48.5 Å². The monoisotopic (exact) mass is 387 g/mol. The Labute approximate surface area is 165 Å². The van der Waals surface area contributed by atoms with Crippen LogP contribution in [0.25, 0.3) is 0 Å². The standard InChI is InChI=1S/C21H26ClN3O2/c1-23-21(26)17-7-5-16(6-8-17)14-24-15-20(25-9-11-27-12-10-25)18-3-2-4-19(22)13-18/h2-8,13,20,24H,9-12,14-15H2,1H3,(H,23,26). The normalized spacial score (nSPS) is 16.1. The van der Waals surface area contributed by atoms with E-state index in [4.69, 9.17) is 16.3 Å². The number of nitrogens with zero attached hydrogens (tertiary/aromatic N) is 1. The Kier molecular flexibility index (Phi) is 7.24. The molecule has 0 spiro atoms. The van der Waals surface area contributed by atoms with Crippen LogP contribution in [0.2, 0.25) is 5.02 Å². The van der Waals surface area contributed by atoms with Crippen molar-refractivity contribution in [1.82, 2.24) is 15.5 Å². The Morgan fingerprint density at radius 1 is 1.19 bits per heavy atom. The first-order valence-electron chi connectivity index (χ1n) is 9.26. The van der Waals surface area contributed by atoms with Gasteiger partial charge in [-0.3, -0.25) is 9.69 Å². The molecule has 6 heteroatoms. The largest absolute Gasteiger partial charge is 0.379 e. The molecule has 2 aromatic carbocycles. The third-order valence-corrected chi connectivity index (χ3v) is 5.06. The minimum Gasteiger partial charge on any atom is -0.379 e. The van der Waals surface area contributed by atoms with Gasteiger partial charge in [-0.05, 0) is 35.4 Å². The number of carbonyl (C=O) groups excluding carboxylic acids is 1. The summed E-state index contributed by atoms with van der Waals surface area (Å²) in [5, 5.41) is 6.95. The van der Waals surface area contributed by atoms with E-state index in [1.165, 1.54) is 5.56 Å². The molecular formula is C21H26ClN3O2.